The lowest BCUT2D eigenvalue weighted by Crippen LogP contribution is -2.49. The summed E-state index contributed by atoms with van der Waals surface area (Å²) >= 11 is 0. The molecular weight excluding hydrogens is 270 g/mol. The quantitative estimate of drug-likeness (QED) is 0.777. The first-order valence-corrected chi connectivity index (χ1v) is 8.28. The molecule has 0 saturated carbocycles. The van der Waals surface area contributed by atoms with Gasteiger partial charge in [0.2, 0.25) is 0 Å². The zero-order valence-electron chi connectivity index (χ0n) is 12.7. The maximum absolute atomic E-state index is 12.9. The van der Waals surface area contributed by atoms with Crippen molar-refractivity contribution in [2.45, 2.75) is 37.6 Å². The summed E-state index contributed by atoms with van der Waals surface area (Å²) in [6.45, 7) is 0.900. The molecule has 2 heteroatoms. The van der Waals surface area contributed by atoms with Gasteiger partial charge in [0.25, 0.3) is 5.91 Å². The van der Waals surface area contributed by atoms with E-state index in [0.29, 0.717) is 12.0 Å². The Kier molecular flexibility index (Phi) is 3.45. The summed E-state index contributed by atoms with van der Waals surface area (Å²) in [5.41, 5.74) is 3.78. The van der Waals surface area contributed by atoms with Gasteiger partial charge in [-0.1, -0.05) is 42.5 Å². The van der Waals surface area contributed by atoms with Crippen LogP contribution < -0.4 is 0 Å². The van der Waals surface area contributed by atoms with Crippen LogP contribution >= 0.6 is 0 Å². The van der Waals surface area contributed by atoms with Crippen molar-refractivity contribution in [3.05, 3.63) is 71.3 Å². The lowest BCUT2D eigenvalue weighted by atomic mass is 9.74. The summed E-state index contributed by atoms with van der Waals surface area (Å²) in [5.74, 6) is 0.723. The number of hydrogen-bond acceptors (Lipinski definition) is 1. The van der Waals surface area contributed by atoms with Gasteiger partial charge in [-0.05, 0) is 48.9 Å². The van der Waals surface area contributed by atoms with Crippen LogP contribution in [0.1, 0.15) is 46.7 Å². The highest BCUT2D eigenvalue weighted by Crippen LogP contribution is 2.40. The van der Waals surface area contributed by atoms with E-state index in [1.54, 1.807) is 0 Å². The minimum atomic E-state index is 0.203. The molecule has 2 nitrogen and oxygen atoms in total. The SMILES string of the molecule is O=C(c1ccccc1)N1CCCC2c3ccccc3CC[C@@H]21. The van der Waals surface area contributed by atoms with Gasteiger partial charge in [-0.25, -0.2) is 0 Å². The molecule has 1 aliphatic carbocycles. The van der Waals surface area contributed by atoms with E-state index in [4.69, 9.17) is 0 Å². The van der Waals surface area contributed by atoms with Crippen molar-refractivity contribution in [2.75, 3.05) is 6.54 Å². The fraction of sp³-hybridized carbons (Fsp3) is 0.350. The van der Waals surface area contributed by atoms with Crippen LogP contribution in [0.25, 0.3) is 0 Å². The van der Waals surface area contributed by atoms with Crippen molar-refractivity contribution in [2.24, 2.45) is 0 Å². The Balaban J connectivity index is 1.65. The van der Waals surface area contributed by atoms with Crippen molar-refractivity contribution in [1.29, 1.82) is 0 Å². The van der Waals surface area contributed by atoms with Gasteiger partial charge in [0, 0.05) is 24.1 Å². The van der Waals surface area contributed by atoms with Crippen molar-refractivity contribution in [3.63, 3.8) is 0 Å². The topological polar surface area (TPSA) is 20.3 Å². The fourth-order valence-electron chi connectivity index (χ4n) is 4.20. The number of rotatable bonds is 1. The summed E-state index contributed by atoms with van der Waals surface area (Å²) in [6, 6.07) is 18.9. The van der Waals surface area contributed by atoms with Crippen molar-refractivity contribution in [1.82, 2.24) is 4.90 Å². The maximum atomic E-state index is 12.9. The molecule has 1 saturated heterocycles. The zero-order valence-corrected chi connectivity index (χ0v) is 12.7. The normalized spacial score (nSPS) is 23.5. The Morgan fingerprint density at radius 1 is 0.955 bits per heavy atom. The molecule has 1 fully saturated rings. The second-order valence-corrected chi connectivity index (χ2v) is 6.42. The zero-order chi connectivity index (χ0) is 14.9. The van der Waals surface area contributed by atoms with E-state index in [1.165, 1.54) is 17.5 Å². The number of likely N-dealkylation sites (tertiary alicyclic amines) is 1. The predicted octanol–water partition coefficient (Wildman–Crippen LogP) is 4.02. The van der Waals surface area contributed by atoms with Crippen LogP contribution in [0.5, 0.6) is 0 Å². The number of carbonyl (C=O) groups is 1. The molecule has 22 heavy (non-hydrogen) atoms. The molecule has 2 aromatic rings. The number of aryl methyl sites for hydroxylation is 1. The van der Waals surface area contributed by atoms with Crippen LogP contribution in [0.3, 0.4) is 0 Å². The standard InChI is InChI=1S/C20H21NO/c22-20(16-8-2-1-3-9-16)21-14-6-11-18-17-10-5-4-7-15(17)12-13-19(18)21/h1-5,7-10,18-19H,6,11-14H2/t18?,19-/m0/s1. The molecule has 4 rings (SSSR count). The second kappa shape index (κ2) is 5.60. The molecule has 1 unspecified atom stereocenters. The molecule has 0 radical (unpaired) electrons. The summed E-state index contributed by atoms with van der Waals surface area (Å²) in [5, 5.41) is 0. The van der Waals surface area contributed by atoms with E-state index in [9.17, 15) is 4.79 Å². The highest BCUT2D eigenvalue weighted by molar-refractivity contribution is 5.94. The largest absolute Gasteiger partial charge is 0.335 e. The molecule has 0 aromatic heterocycles. The summed E-state index contributed by atoms with van der Waals surface area (Å²) in [6.07, 6.45) is 4.50. The molecule has 2 aliphatic rings. The van der Waals surface area contributed by atoms with Crippen molar-refractivity contribution >= 4 is 5.91 Å². The number of amides is 1. The van der Waals surface area contributed by atoms with E-state index in [2.05, 4.69) is 29.2 Å². The Hall–Kier alpha value is -2.09. The van der Waals surface area contributed by atoms with E-state index < -0.39 is 0 Å². The number of nitrogens with zero attached hydrogens (tertiary/aromatic N) is 1. The molecule has 2 atom stereocenters. The van der Waals surface area contributed by atoms with Gasteiger partial charge in [0.15, 0.2) is 0 Å². The Bertz CT molecular complexity index is 679. The van der Waals surface area contributed by atoms with E-state index in [0.717, 1.165) is 31.4 Å². The monoisotopic (exact) mass is 291 g/mol. The molecule has 1 amide bonds. The van der Waals surface area contributed by atoms with Gasteiger partial charge in [-0.3, -0.25) is 4.79 Å². The van der Waals surface area contributed by atoms with Gasteiger partial charge in [-0.15, -0.1) is 0 Å². The molecule has 2 aromatic carbocycles. The first-order valence-electron chi connectivity index (χ1n) is 8.28. The third-order valence-electron chi connectivity index (χ3n) is 5.22. The second-order valence-electron chi connectivity index (χ2n) is 6.42. The van der Waals surface area contributed by atoms with E-state index in [1.807, 2.05) is 30.3 Å². The lowest BCUT2D eigenvalue weighted by Gasteiger charge is -2.45. The third kappa shape index (κ3) is 2.23. The smallest absolute Gasteiger partial charge is 0.254 e. The van der Waals surface area contributed by atoms with Crippen LogP contribution in [-0.4, -0.2) is 23.4 Å². The molecule has 112 valence electrons. The highest BCUT2D eigenvalue weighted by atomic mass is 16.2. The maximum Gasteiger partial charge on any atom is 0.254 e. The van der Waals surface area contributed by atoms with Crippen LogP contribution in [0.4, 0.5) is 0 Å². The summed E-state index contributed by atoms with van der Waals surface area (Å²) < 4.78 is 0. The third-order valence-corrected chi connectivity index (χ3v) is 5.22. The Morgan fingerprint density at radius 3 is 2.59 bits per heavy atom. The average molecular weight is 291 g/mol. The number of piperidine rings is 1. The minimum absolute atomic E-state index is 0.203. The van der Waals surface area contributed by atoms with Crippen molar-refractivity contribution in [3.8, 4) is 0 Å². The first kappa shape index (κ1) is 13.6. The van der Waals surface area contributed by atoms with Crippen LogP contribution in [0.15, 0.2) is 54.6 Å². The lowest BCUT2D eigenvalue weighted by molar-refractivity contribution is 0.0547. The van der Waals surface area contributed by atoms with E-state index in [-0.39, 0.29) is 5.91 Å². The van der Waals surface area contributed by atoms with Crippen LogP contribution in [-0.2, 0) is 6.42 Å². The van der Waals surface area contributed by atoms with Gasteiger partial charge in [0.05, 0.1) is 0 Å². The Labute approximate surface area is 131 Å². The number of hydrogen-bond donors (Lipinski definition) is 0. The van der Waals surface area contributed by atoms with Gasteiger partial charge < -0.3 is 4.90 Å². The average Bonchev–Trinajstić information content (AvgIpc) is 2.61. The molecule has 1 heterocycles. The molecular formula is C20H21NO. The first-order chi connectivity index (χ1) is 10.8. The van der Waals surface area contributed by atoms with Crippen LogP contribution in [0, 0.1) is 0 Å². The van der Waals surface area contributed by atoms with Crippen molar-refractivity contribution < 1.29 is 4.79 Å². The Morgan fingerprint density at radius 2 is 1.73 bits per heavy atom. The minimum Gasteiger partial charge on any atom is -0.335 e. The summed E-state index contributed by atoms with van der Waals surface area (Å²) in [7, 11) is 0. The molecule has 0 bridgehead atoms. The molecule has 0 N–H and O–H groups in total. The predicted molar refractivity (Wildman–Crippen MR) is 88.0 cm³/mol. The van der Waals surface area contributed by atoms with Gasteiger partial charge in [-0.2, -0.15) is 0 Å². The van der Waals surface area contributed by atoms with E-state index >= 15 is 0 Å². The highest BCUT2D eigenvalue weighted by Gasteiger charge is 2.38. The number of fused-ring (bicyclic) bond motifs is 3. The van der Waals surface area contributed by atoms with Gasteiger partial charge >= 0.3 is 0 Å². The number of benzene rings is 2. The number of carbonyl (C=O) groups excluding carboxylic acids is 1. The van der Waals surface area contributed by atoms with Crippen LogP contribution in [0.2, 0.25) is 0 Å². The van der Waals surface area contributed by atoms with Gasteiger partial charge in [0.1, 0.15) is 0 Å². The molecule has 1 aliphatic heterocycles. The summed E-state index contributed by atoms with van der Waals surface area (Å²) in [4.78, 5) is 15.0. The molecule has 0 spiro atoms. The fourth-order valence-corrected chi connectivity index (χ4v) is 4.20.